The molecule has 1 saturated carbocycles. The third kappa shape index (κ3) is 3.32. The first-order valence-electron chi connectivity index (χ1n) is 8.47. The zero-order valence-electron chi connectivity index (χ0n) is 13.3. The second-order valence-electron chi connectivity index (χ2n) is 6.27. The molecule has 3 rings (SSSR count). The van der Waals surface area contributed by atoms with Crippen molar-refractivity contribution in [3.05, 3.63) is 30.1 Å². The van der Waals surface area contributed by atoms with Gasteiger partial charge < -0.3 is 9.88 Å². The summed E-state index contributed by atoms with van der Waals surface area (Å²) in [4.78, 5) is 16.4. The average Bonchev–Trinajstić information content (AvgIpc) is 3.15. The number of fused-ring (bicyclic) bond motifs is 1. The first-order chi connectivity index (χ1) is 10.8. The Kier molecular flexibility index (Phi) is 4.76. The Balaban J connectivity index is 1.56. The van der Waals surface area contributed by atoms with Gasteiger partial charge in [0.25, 0.3) is 0 Å². The van der Waals surface area contributed by atoms with E-state index in [1.807, 2.05) is 12.3 Å². The van der Waals surface area contributed by atoms with E-state index in [9.17, 15) is 4.79 Å². The summed E-state index contributed by atoms with van der Waals surface area (Å²) >= 11 is 0. The van der Waals surface area contributed by atoms with Crippen molar-refractivity contribution >= 4 is 16.9 Å². The third-order valence-electron chi connectivity index (χ3n) is 4.72. The highest BCUT2D eigenvalue weighted by Crippen LogP contribution is 2.27. The Hall–Kier alpha value is -1.84. The second-order valence-corrected chi connectivity index (χ2v) is 6.27. The summed E-state index contributed by atoms with van der Waals surface area (Å²) in [5.41, 5.74) is 2.31. The maximum atomic E-state index is 12.0. The average molecular weight is 299 g/mol. The molecule has 2 aromatic heterocycles. The number of pyridine rings is 1. The van der Waals surface area contributed by atoms with Crippen molar-refractivity contribution < 1.29 is 4.79 Å². The van der Waals surface area contributed by atoms with Gasteiger partial charge in [0.05, 0.1) is 0 Å². The molecule has 0 bridgehead atoms. The van der Waals surface area contributed by atoms with Gasteiger partial charge >= 0.3 is 0 Å². The molecular weight excluding hydrogens is 274 g/mol. The van der Waals surface area contributed by atoms with Gasteiger partial charge in [-0.2, -0.15) is 0 Å². The van der Waals surface area contributed by atoms with E-state index < -0.39 is 0 Å². The summed E-state index contributed by atoms with van der Waals surface area (Å²) in [5, 5.41) is 4.28. The second kappa shape index (κ2) is 6.95. The van der Waals surface area contributed by atoms with Crippen molar-refractivity contribution in [3.8, 4) is 0 Å². The highest BCUT2D eigenvalue weighted by molar-refractivity contribution is 5.80. The number of hydrogen-bond acceptors (Lipinski definition) is 2. The van der Waals surface area contributed by atoms with Gasteiger partial charge in [0.2, 0.25) is 5.91 Å². The maximum absolute atomic E-state index is 12.0. The lowest BCUT2D eigenvalue weighted by Gasteiger charge is -2.09. The lowest BCUT2D eigenvalue weighted by atomic mass is 10.0. The van der Waals surface area contributed by atoms with Gasteiger partial charge in [-0.15, -0.1) is 0 Å². The lowest BCUT2D eigenvalue weighted by molar-refractivity contribution is -0.121. The number of hydrogen-bond donors (Lipinski definition) is 1. The molecule has 0 aromatic carbocycles. The van der Waals surface area contributed by atoms with Crippen LogP contribution in [0.1, 0.15) is 44.6 Å². The molecule has 0 radical (unpaired) electrons. The smallest absolute Gasteiger partial charge is 0.220 e. The van der Waals surface area contributed by atoms with Crippen LogP contribution in [0.4, 0.5) is 0 Å². The zero-order valence-corrected chi connectivity index (χ0v) is 13.3. The molecule has 0 spiro atoms. The predicted octanol–water partition coefficient (Wildman–Crippen LogP) is 3.30. The molecule has 1 aliphatic carbocycles. The van der Waals surface area contributed by atoms with E-state index in [1.54, 1.807) is 0 Å². The van der Waals surface area contributed by atoms with Crippen LogP contribution in [-0.4, -0.2) is 22.0 Å². The number of aromatic nitrogens is 2. The third-order valence-corrected chi connectivity index (χ3v) is 4.72. The molecule has 0 atom stereocenters. The molecule has 22 heavy (non-hydrogen) atoms. The van der Waals surface area contributed by atoms with Crippen molar-refractivity contribution in [2.24, 2.45) is 5.92 Å². The van der Waals surface area contributed by atoms with Crippen LogP contribution in [0, 0.1) is 5.92 Å². The SMILES string of the molecule is CCn1cc(CCNC(=O)CC2CCCC2)c2cccnc21. The molecule has 0 saturated heterocycles. The van der Waals surface area contributed by atoms with Crippen LogP contribution in [0.3, 0.4) is 0 Å². The predicted molar refractivity (Wildman–Crippen MR) is 88.7 cm³/mol. The first kappa shape index (κ1) is 15.1. The van der Waals surface area contributed by atoms with E-state index in [0.29, 0.717) is 18.9 Å². The van der Waals surface area contributed by atoms with Crippen LogP contribution >= 0.6 is 0 Å². The van der Waals surface area contributed by atoms with Crippen LogP contribution in [0.2, 0.25) is 0 Å². The number of nitrogens with zero attached hydrogens (tertiary/aromatic N) is 2. The molecule has 1 fully saturated rings. The van der Waals surface area contributed by atoms with E-state index in [2.05, 4.69) is 34.1 Å². The first-order valence-corrected chi connectivity index (χ1v) is 8.47. The molecule has 1 amide bonds. The molecule has 118 valence electrons. The molecule has 0 aliphatic heterocycles. The van der Waals surface area contributed by atoms with Crippen molar-refractivity contribution in [1.29, 1.82) is 0 Å². The van der Waals surface area contributed by atoms with E-state index in [-0.39, 0.29) is 5.91 Å². The zero-order chi connectivity index (χ0) is 15.4. The van der Waals surface area contributed by atoms with Gasteiger partial charge in [0.1, 0.15) is 5.65 Å². The van der Waals surface area contributed by atoms with Crippen LogP contribution in [0.25, 0.3) is 11.0 Å². The standard InChI is InChI=1S/C18H25N3O/c1-2-21-13-15(16-8-5-10-20-18(16)21)9-11-19-17(22)12-14-6-3-4-7-14/h5,8,10,13-14H,2-4,6-7,9,11-12H2,1H3,(H,19,22). The highest BCUT2D eigenvalue weighted by atomic mass is 16.1. The summed E-state index contributed by atoms with van der Waals surface area (Å²) in [6.07, 6.45) is 10.6. The molecule has 2 aromatic rings. The van der Waals surface area contributed by atoms with Crippen molar-refractivity contribution in [3.63, 3.8) is 0 Å². The summed E-state index contributed by atoms with van der Waals surface area (Å²) in [6.45, 7) is 3.76. The van der Waals surface area contributed by atoms with Crippen LogP contribution in [-0.2, 0) is 17.8 Å². The molecule has 2 heterocycles. The Morgan fingerprint density at radius 2 is 2.23 bits per heavy atom. The van der Waals surface area contributed by atoms with Gasteiger partial charge in [0, 0.05) is 37.3 Å². The minimum absolute atomic E-state index is 0.212. The Morgan fingerprint density at radius 1 is 1.41 bits per heavy atom. The summed E-state index contributed by atoms with van der Waals surface area (Å²) < 4.78 is 2.17. The van der Waals surface area contributed by atoms with E-state index in [0.717, 1.165) is 18.6 Å². The monoisotopic (exact) mass is 299 g/mol. The topological polar surface area (TPSA) is 46.9 Å². The fourth-order valence-corrected chi connectivity index (χ4v) is 3.52. The fraction of sp³-hybridized carbons (Fsp3) is 0.556. The summed E-state index contributed by atoms with van der Waals surface area (Å²) in [6, 6.07) is 4.09. The molecular formula is C18H25N3O. The molecule has 0 unspecified atom stereocenters. The van der Waals surface area contributed by atoms with E-state index in [4.69, 9.17) is 0 Å². The molecule has 1 aliphatic rings. The van der Waals surface area contributed by atoms with Crippen LogP contribution in [0.15, 0.2) is 24.5 Å². The Morgan fingerprint density at radius 3 is 3.00 bits per heavy atom. The van der Waals surface area contributed by atoms with Crippen molar-refractivity contribution in [1.82, 2.24) is 14.9 Å². The highest BCUT2D eigenvalue weighted by Gasteiger charge is 2.18. The van der Waals surface area contributed by atoms with Gasteiger partial charge in [-0.3, -0.25) is 4.79 Å². The lowest BCUT2D eigenvalue weighted by Crippen LogP contribution is -2.27. The number of amides is 1. The van der Waals surface area contributed by atoms with E-state index in [1.165, 1.54) is 36.6 Å². The van der Waals surface area contributed by atoms with E-state index >= 15 is 0 Å². The number of nitrogens with one attached hydrogen (secondary N) is 1. The molecule has 1 N–H and O–H groups in total. The maximum Gasteiger partial charge on any atom is 0.220 e. The number of carbonyl (C=O) groups is 1. The molecule has 4 nitrogen and oxygen atoms in total. The van der Waals surface area contributed by atoms with Crippen LogP contribution in [0.5, 0.6) is 0 Å². The fourth-order valence-electron chi connectivity index (χ4n) is 3.52. The summed E-state index contributed by atoms with van der Waals surface area (Å²) in [7, 11) is 0. The van der Waals surface area contributed by atoms with Gasteiger partial charge in [-0.1, -0.05) is 12.8 Å². The number of aryl methyl sites for hydroxylation is 1. The molecule has 4 heteroatoms. The van der Waals surface area contributed by atoms with Gasteiger partial charge in [-0.25, -0.2) is 4.98 Å². The summed E-state index contributed by atoms with van der Waals surface area (Å²) in [5.74, 6) is 0.829. The van der Waals surface area contributed by atoms with Crippen molar-refractivity contribution in [2.45, 2.75) is 52.0 Å². The minimum Gasteiger partial charge on any atom is -0.356 e. The number of carbonyl (C=O) groups excluding carboxylic acids is 1. The number of rotatable bonds is 6. The van der Waals surface area contributed by atoms with Crippen molar-refractivity contribution in [2.75, 3.05) is 6.54 Å². The Bertz CT molecular complexity index is 641. The quantitative estimate of drug-likeness (QED) is 0.889. The normalized spacial score (nSPS) is 15.5. The largest absolute Gasteiger partial charge is 0.356 e. The van der Waals surface area contributed by atoms with Crippen LogP contribution < -0.4 is 5.32 Å². The Labute approximate surface area is 131 Å². The van der Waals surface area contributed by atoms with Gasteiger partial charge in [-0.05, 0) is 49.8 Å². The minimum atomic E-state index is 0.212. The van der Waals surface area contributed by atoms with Gasteiger partial charge in [0.15, 0.2) is 0 Å².